The number of hydrogen-bond donors (Lipinski definition) is 1. The molecule has 4 rings (SSSR count). The van der Waals surface area contributed by atoms with Gasteiger partial charge in [-0.25, -0.2) is 4.79 Å². The number of aryl methyl sites for hydroxylation is 1. The van der Waals surface area contributed by atoms with Crippen LogP contribution in [0.15, 0.2) is 66.7 Å². The van der Waals surface area contributed by atoms with Gasteiger partial charge in [-0.15, -0.1) is 0 Å². The van der Waals surface area contributed by atoms with Gasteiger partial charge in [0.05, 0.1) is 7.11 Å². The summed E-state index contributed by atoms with van der Waals surface area (Å²) in [5.41, 5.74) is 6.22. The number of nitrogens with one attached hydrogen (secondary N) is 1. The van der Waals surface area contributed by atoms with Gasteiger partial charge in [-0.2, -0.15) is 11.8 Å². The van der Waals surface area contributed by atoms with E-state index in [0.29, 0.717) is 42.3 Å². The molecule has 45 heavy (non-hydrogen) atoms. The van der Waals surface area contributed by atoms with E-state index in [9.17, 15) is 14.4 Å². The molecule has 2 amide bonds. The summed E-state index contributed by atoms with van der Waals surface area (Å²) in [5, 5.41) is 2.91. The van der Waals surface area contributed by atoms with E-state index in [2.05, 4.69) is 24.4 Å². The SMILES string of the molecule is CCCCN(Cc1ccc(C(=O)NC(CCSC)C(=O)OC)c(-c2ccccc2C)c1)C(=O)c1ccc(C2CCCCC2)cc1. The normalized spacial score (nSPS) is 14.0. The molecule has 240 valence electrons. The predicted molar refractivity (Wildman–Crippen MR) is 185 cm³/mol. The maximum absolute atomic E-state index is 13.8. The monoisotopic (exact) mass is 628 g/mol. The molecule has 0 aromatic heterocycles. The first kappa shape index (κ1) is 34.3. The van der Waals surface area contributed by atoms with Gasteiger partial charge in [0.25, 0.3) is 11.8 Å². The summed E-state index contributed by atoms with van der Waals surface area (Å²) in [7, 11) is 1.34. The molecule has 0 heterocycles. The highest BCUT2D eigenvalue weighted by molar-refractivity contribution is 7.98. The number of rotatable bonds is 14. The molecular formula is C38H48N2O4S. The van der Waals surface area contributed by atoms with Crippen molar-refractivity contribution in [1.29, 1.82) is 0 Å². The van der Waals surface area contributed by atoms with Gasteiger partial charge < -0.3 is 15.0 Å². The first-order valence-electron chi connectivity index (χ1n) is 16.3. The van der Waals surface area contributed by atoms with Crippen LogP contribution in [0.5, 0.6) is 0 Å². The van der Waals surface area contributed by atoms with Crippen LogP contribution in [0.3, 0.4) is 0 Å². The Labute approximate surface area is 273 Å². The highest BCUT2D eigenvalue weighted by Crippen LogP contribution is 2.33. The Morgan fingerprint density at radius 1 is 0.978 bits per heavy atom. The van der Waals surface area contributed by atoms with Crippen LogP contribution in [0.2, 0.25) is 0 Å². The third-order valence-electron chi connectivity index (χ3n) is 8.84. The Morgan fingerprint density at radius 3 is 2.38 bits per heavy atom. The third kappa shape index (κ3) is 9.23. The van der Waals surface area contributed by atoms with Gasteiger partial charge in [-0.05, 0) is 103 Å². The van der Waals surface area contributed by atoms with Crippen LogP contribution in [0, 0.1) is 6.92 Å². The van der Waals surface area contributed by atoms with Crippen molar-refractivity contribution in [3.63, 3.8) is 0 Å². The molecule has 1 unspecified atom stereocenters. The fourth-order valence-electron chi connectivity index (χ4n) is 6.19. The molecule has 1 atom stereocenters. The summed E-state index contributed by atoms with van der Waals surface area (Å²) in [5.74, 6) is 0.557. The number of methoxy groups -OCH3 is 1. The van der Waals surface area contributed by atoms with E-state index in [4.69, 9.17) is 4.74 Å². The molecule has 1 aliphatic rings. The maximum Gasteiger partial charge on any atom is 0.328 e. The van der Waals surface area contributed by atoms with Gasteiger partial charge in [0.1, 0.15) is 6.04 Å². The lowest BCUT2D eigenvalue weighted by Crippen LogP contribution is -2.42. The first-order valence-corrected chi connectivity index (χ1v) is 17.7. The zero-order chi connectivity index (χ0) is 32.2. The zero-order valence-electron chi connectivity index (χ0n) is 27.3. The summed E-state index contributed by atoms with van der Waals surface area (Å²) in [6.45, 7) is 5.24. The first-order chi connectivity index (χ1) is 21.9. The van der Waals surface area contributed by atoms with Gasteiger partial charge in [-0.3, -0.25) is 9.59 Å². The van der Waals surface area contributed by atoms with E-state index < -0.39 is 12.0 Å². The van der Waals surface area contributed by atoms with Crippen molar-refractivity contribution in [3.8, 4) is 11.1 Å². The highest BCUT2D eigenvalue weighted by atomic mass is 32.2. The Bertz CT molecular complexity index is 1430. The van der Waals surface area contributed by atoms with Gasteiger partial charge in [0.2, 0.25) is 0 Å². The van der Waals surface area contributed by atoms with E-state index in [1.807, 2.05) is 72.7 Å². The van der Waals surface area contributed by atoms with Crippen molar-refractivity contribution in [1.82, 2.24) is 10.2 Å². The number of carbonyl (C=O) groups excluding carboxylic acids is 3. The molecule has 0 spiro atoms. The third-order valence-corrected chi connectivity index (χ3v) is 9.49. The average Bonchev–Trinajstić information content (AvgIpc) is 3.08. The summed E-state index contributed by atoms with van der Waals surface area (Å²) in [6.07, 6.45) is 10.7. The highest BCUT2D eigenvalue weighted by Gasteiger charge is 2.25. The average molecular weight is 629 g/mol. The number of benzene rings is 3. The summed E-state index contributed by atoms with van der Waals surface area (Å²) in [6, 6.07) is 21.3. The molecular weight excluding hydrogens is 580 g/mol. The van der Waals surface area contributed by atoms with Crippen LogP contribution in [-0.4, -0.2) is 54.4 Å². The molecule has 1 N–H and O–H groups in total. The number of esters is 1. The van der Waals surface area contributed by atoms with Crippen molar-refractivity contribution in [2.45, 2.75) is 83.7 Å². The number of amides is 2. The Hall–Kier alpha value is -3.58. The summed E-state index contributed by atoms with van der Waals surface area (Å²) < 4.78 is 4.97. The quantitative estimate of drug-likeness (QED) is 0.182. The van der Waals surface area contributed by atoms with Crippen LogP contribution in [0.1, 0.15) is 102 Å². The van der Waals surface area contributed by atoms with Crippen molar-refractivity contribution < 1.29 is 19.1 Å². The van der Waals surface area contributed by atoms with Crippen molar-refractivity contribution in [3.05, 3.63) is 94.5 Å². The largest absolute Gasteiger partial charge is 0.467 e. The Balaban J connectivity index is 1.62. The molecule has 7 heteroatoms. The van der Waals surface area contributed by atoms with Crippen LogP contribution in [0.4, 0.5) is 0 Å². The van der Waals surface area contributed by atoms with E-state index in [1.165, 1.54) is 44.8 Å². The number of carbonyl (C=O) groups is 3. The minimum absolute atomic E-state index is 0.0209. The molecule has 6 nitrogen and oxygen atoms in total. The zero-order valence-corrected chi connectivity index (χ0v) is 28.1. The number of thioether (sulfide) groups is 1. The topological polar surface area (TPSA) is 75.7 Å². The Kier molecular flexibility index (Phi) is 13.1. The van der Waals surface area contributed by atoms with Crippen LogP contribution < -0.4 is 5.32 Å². The molecule has 0 saturated heterocycles. The van der Waals surface area contributed by atoms with Crippen LogP contribution >= 0.6 is 11.8 Å². The van der Waals surface area contributed by atoms with Gasteiger partial charge in [0.15, 0.2) is 0 Å². The minimum atomic E-state index is -0.731. The maximum atomic E-state index is 13.8. The fraction of sp³-hybridized carbons (Fsp3) is 0.447. The number of hydrogen-bond acceptors (Lipinski definition) is 5. The van der Waals surface area contributed by atoms with Gasteiger partial charge >= 0.3 is 5.97 Å². The van der Waals surface area contributed by atoms with Gasteiger partial charge in [-0.1, -0.05) is 75.1 Å². The molecule has 0 radical (unpaired) electrons. The van der Waals surface area contributed by atoms with Crippen molar-refractivity contribution >= 4 is 29.5 Å². The fourth-order valence-corrected chi connectivity index (χ4v) is 6.66. The second-order valence-electron chi connectivity index (χ2n) is 12.1. The minimum Gasteiger partial charge on any atom is -0.467 e. The summed E-state index contributed by atoms with van der Waals surface area (Å²) >= 11 is 1.61. The molecule has 3 aromatic rings. The lowest BCUT2D eigenvalue weighted by atomic mass is 9.84. The second-order valence-corrected chi connectivity index (χ2v) is 13.0. The molecule has 1 saturated carbocycles. The van der Waals surface area contributed by atoms with Crippen molar-refractivity contribution in [2.75, 3.05) is 25.7 Å². The summed E-state index contributed by atoms with van der Waals surface area (Å²) in [4.78, 5) is 41.9. The number of nitrogens with zero attached hydrogens (tertiary/aromatic N) is 1. The molecule has 1 fully saturated rings. The lowest BCUT2D eigenvalue weighted by molar-refractivity contribution is -0.142. The van der Waals surface area contributed by atoms with E-state index in [1.54, 1.807) is 11.8 Å². The van der Waals surface area contributed by atoms with E-state index >= 15 is 0 Å². The smallest absolute Gasteiger partial charge is 0.328 e. The molecule has 3 aromatic carbocycles. The van der Waals surface area contributed by atoms with Crippen LogP contribution in [0.25, 0.3) is 11.1 Å². The number of ether oxygens (including phenoxy) is 1. The van der Waals surface area contributed by atoms with E-state index in [0.717, 1.165) is 35.1 Å². The predicted octanol–water partition coefficient (Wildman–Crippen LogP) is 8.18. The number of unbranched alkanes of at least 4 members (excludes halogenated alkanes) is 1. The van der Waals surface area contributed by atoms with E-state index in [-0.39, 0.29) is 11.8 Å². The molecule has 0 bridgehead atoms. The molecule has 1 aliphatic carbocycles. The standard InChI is InChI=1S/C38H48N2O4S/c1-5-6-23-40(37(42)31-19-17-30(18-20-31)29-13-8-7-9-14-29)26-28-16-21-33(34(25-28)32-15-11-10-12-27(32)2)36(41)39-35(22-24-45-4)38(43)44-3/h10-12,15-21,25,29,35H,5-9,13-14,22-24,26H2,1-4H3,(H,39,41). The second kappa shape index (κ2) is 17.2. The Morgan fingerprint density at radius 2 is 1.71 bits per heavy atom. The molecule has 0 aliphatic heterocycles. The van der Waals surface area contributed by atoms with Crippen molar-refractivity contribution in [2.24, 2.45) is 0 Å². The lowest BCUT2D eigenvalue weighted by Gasteiger charge is -2.25. The van der Waals surface area contributed by atoms with Crippen LogP contribution in [-0.2, 0) is 16.1 Å². The van der Waals surface area contributed by atoms with Gasteiger partial charge in [0, 0.05) is 24.2 Å².